The Kier molecular flexibility index (Phi) is 8.03. The highest BCUT2D eigenvalue weighted by Gasteiger charge is 1.96. The smallest absolute Gasteiger partial charge is 0.00357 e. The van der Waals surface area contributed by atoms with E-state index in [1.165, 1.54) is 32.1 Å². The first-order valence-electron chi connectivity index (χ1n) is 4.77. The van der Waals surface area contributed by atoms with E-state index in [9.17, 15) is 0 Å². The summed E-state index contributed by atoms with van der Waals surface area (Å²) in [7, 11) is 2.03. The molecule has 0 fully saturated rings. The molecule has 0 amide bonds. The third-order valence-corrected chi connectivity index (χ3v) is 2.13. The molecule has 0 saturated carbocycles. The molecule has 0 aliphatic heterocycles. The topological polar surface area (TPSA) is 12.0 Å². The molecule has 0 spiro atoms. The largest absolute Gasteiger partial charge is 0.317 e. The zero-order valence-corrected chi connectivity index (χ0v) is 8.03. The van der Waals surface area contributed by atoms with Crippen LogP contribution < -0.4 is 5.32 Å². The number of hydrogen-bond donors (Lipinski definition) is 1. The van der Waals surface area contributed by atoms with Crippen LogP contribution in [0.3, 0.4) is 0 Å². The van der Waals surface area contributed by atoms with E-state index in [1.807, 2.05) is 7.05 Å². The van der Waals surface area contributed by atoms with E-state index in [1.54, 1.807) is 0 Å². The minimum Gasteiger partial charge on any atom is -0.317 e. The maximum atomic E-state index is 3.82. The zero-order chi connectivity index (χ0) is 8.53. The van der Waals surface area contributed by atoms with Crippen molar-refractivity contribution < 1.29 is 0 Å². The monoisotopic (exact) mass is 156 g/mol. The lowest BCUT2D eigenvalue weighted by Crippen LogP contribution is -2.20. The van der Waals surface area contributed by atoms with Gasteiger partial charge < -0.3 is 5.32 Å². The Bertz CT molecular complexity index is 71.3. The second-order valence-electron chi connectivity index (χ2n) is 3.25. The molecule has 1 N–H and O–H groups in total. The molecule has 1 nitrogen and oxygen atoms in total. The summed E-state index contributed by atoms with van der Waals surface area (Å²) in [5, 5.41) is 3.24. The lowest BCUT2D eigenvalue weighted by molar-refractivity contribution is 0.515. The van der Waals surface area contributed by atoms with Crippen LogP contribution in [0.4, 0.5) is 0 Å². The van der Waals surface area contributed by atoms with E-state index < -0.39 is 0 Å². The number of rotatable bonds is 7. The summed E-state index contributed by atoms with van der Waals surface area (Å²) >= 11 is 0. The minimum absolute atomic E-state index is 0.690. The molecule has 1 heteroatoms. The highest BCUT2D eigenvalue weighted by atomic mass is 14.8. The van der Waals surface area contributed by atoms with E-state index in [0.717, 1.165) is 6.42 Å². The first kappa shape index (κ1) is 11.0. The van der Waals surface area contributed by atoms with Crippen LogP contribution in [0, 0.1) is 6.92 Å². The van der Waals surface area contributed by atoms with Gasteiger partial charge in [-0.25, -0.2) is 0 Å². The molecule has 0 heterocycles. The van der Waals surface area contributed by atoms with Crippen LogP contribution in [0.15, 0.2) is 0 Å². The van der Waals surface area contributed by atoms with Crippen LogP contribution in [-0.2, 0) is 0 Å². The lowest BCUT2D eigenvalue weighted by atomic mass is 10.1. The summed E-state index contributed by atoms with van der Waals surface area (Å²) < 4.78 is 0. The molecule has 67 valence electrons. The van der Waals surface area contributed by atoms with Crippen molar-refractivity contribution in [3.05, 3.63) is 6.92 Å². The van der Waals surface area contributed by atoms with Crippen molar-refractivity contribution in [3.8, 4) is 0 Å². The normalized spacial score (nSPS) is 13.4. The van der Waals surface area contributed by atoms with E-state index in [4.69, 9.17) is 0 Å². The fourth-order valence-electron chi connectivity index (χ4n) is 1.13. The van der Waals surface area contributed by atoms with Crippen molar-refractivity contribution in [1.29, 1.82) is 0 Å². The van der Waals surface area contributed by atoms with Gasteiger partial charge in [-0.15, -0.1) is 0 Å². The fraction of sp³-hybridized carbons (Fsp3) is 0.900. The van der Waals surface area contributed by atoms with E-state index in [-0.39, 0.29) is 0 Å². The van der Waals surface area contributed by atoms with E-state index in [2.05, 4.69) is 19.2 Å². The average Bonchev–Trinajstić information content (AvgIpc) is 2.04. The van der Waals surface area contributed by atoms with Crippen LogP contribution in [0.5, 0.6) is 0 Å². The van der Waals surface area contributed by atoms with Crippen molar-refractivity contribution in [2.45, 2.75) is 51.5 Å². The Labute approximate surface area is 71.6 Å². The van der Waals surface area contributed by atoms with Crippen LogP contribution in [-0.4, -0.2) is 13.1 Å². The van der Waals surface area contributed by atoms with Crippen molar-refractivity contribution >= 4 is 0 Å². The molecule has 1 radical (unpaired) electrons. The first-order chi connectivity index (χ1) is 5.31. The molecule has 0 saturated heterocycles. The van der Waals surface area contributed by atoms with Crippen LogP contribution >= 0.6 is 0 Å². The van der Waals surface area contributed by atoms with Gasteiger partial charge in [-0.2, -0.15) is 0 Å². The fourth-order valence-corrected chi connectivity index (χ4v) is 1.13. The molecular weight excluding hydrogens is 134 g/mol. The van der Waals surface area contributed by atoms with E-state index >= 15 is 0 Å². The summed E-state index contributed by atoms with van der Waals surface area (Å²) in [6.07, 6.45) is 7.81. The SMILES string of the molecule is [CH2]CCCCCCC(C)NC. The Morgan fingerprint density at radius 2 is 1.82 bits per heavy atom. The summed E-state index contributed by atoms with van der Waals surface area (Å²) in [6, 6.07) is 0.690. The second-order valence-corrected chi connectivity index (χ2v) is 3.25. The Morgan fingerprint density at radius 3 is 2.36 bits per heavy atom. The van der Waals surface area contributed by atoms with Gasteiger partial charge in [0.15, 0.2) is 0 Å². The minimum atomic E-state index is 0.690. The predicted molar refractivity (Wildman–Crippen MR) is 51.6 cm³/mol. The van der Waals surface area contributed by atoms with E-state index in [0.29, 0.717) is 6.04 Å². The molecule has 1 atom stereocenters. The number of nitrogens with one attached hydrogen (secondary N) is 1. The second kappa shape index (κ2) is 8.06. The average molecular weight is 156 g/mol. The van der Waals surface area contributed by atoms with Gasteiger partial charge in [0.05, 0.1) is 0 Å². The molecule has 1 unspecified atom stereocenters. The van der Waals surface area contributed by atoms with Gasteiger partial charge in [0.2, 0.25) is 0 Å². The van der Waals surface area contributed by atoms with Gasteiger partial charge in [0, 0.05) is 6.04 Å². The Morgan fingerprint density at radius 1 is 1.18 bits per heavy atom. The first-order valence-corrected chi connectivity index (χ1v) is 4.77. The number of unbranched alkanes of at least 4 members (excludes halogenated alkanes) is 4. The van der Waals surface area contributed by atoms with Crippen molar-refractivity contribution in [3.63, 3.8) is 0 Å². The van der Waals surface area contributed by atoms with Gasteiger partial charge in [0.1, 0.15) is 0 Å². The van der Waals surface area contributed by atoms with Crippen molar-refractivity contribution in [2.24, 2.45) is 0 Å². The molecular formula is C10H22N. The van der Waals surface area contributed by atoms with Crippen LogP contribution in [0.1, 0.15) is 45.4 Å². The predicted octanol–water partition coefficient (Wildman–Crippen LogP) is 2.77. The van der Waals surface area contributed by atoms with Crippen molar-refractivity contribution in [2.75, 3.05) is 7.05 Å². The molecule has 0 aromatic carbocycles. The van der Waals surface area contributed by atoms with Crippen LogP contribution in [0.25, 0.3) is 0 Å². The lowest BCUT2D eigenvalue weighted by Gasteiger charge is -2.08. The standard InChI is InChI=1S/C10H22N/c1-4-5-6-7-8-9-10(2)11-3/h10-11H,1,4-9H2,2-3H3. The highest BCUT2D eigenvalue weighted by Crippen LogP contribution is 2.06. The molecule has 11 heavy (non-hydrogen) atoms. The zero-order valence-electron chi connectivity index (χ0n) is 8.03. The molecule has 0 rings (SSSR count). The quantitative estimate of drug-likeness (QED) is 0.559. The third kappa shape index (κ3) is 7.86. The van der Waals surface area contributed by atoms with Crippen molar-refractivity contribution in [1.82, 2.24) is 5.32 Å². The van der Waals surface area contributed by atoms with Gasteiger partial charge in [-0.3, -0.25) is 0 Å². The molecule has 0 aromatic rings. The summed E-state index contributed by atoms with van der Waals surface area (Å²) in [4.78, 5) is 0. The summed E-state index contributed by atoms with van der Waals surface area (Å²) in [5.74, 6) is 0. The van der Waals surface area contributed by atoms with Crippen LogP contribution in [0.2, 0.25) is 0 Å². The molecule has 0 aromatic heterocycles. The van der Waals surface area contributed by atoms with Gasteiger partial charge in [-0.1, -0.05) is 39.0 Å². The molecule has 0 aliphatic rings. The molecule has 0 bridgehead atoms. The summed E-state index contributed by atoms with van der Waals surface area (Å²) in [5.41, 5.74) is 0. The van der Waals surface area contributed by atoms with Gasteiger partial charge in [0.25, 0.3) is 0 Å². The Balaban J connectivity index is 2.89. The Hall–Kier alpha value is -0.0400. The highest BCUT2D eigenvalue weighted by molar-refractivity contribution is 4.56. The maximum Gasteiger partial charge on any atom is 0.00357 e. The van der Waals surface area contributed by atoms with Gasteiger partial charge >= 0.3 is 0 Å². The number of hydrogen-bond acceptors (Lipinski definition) is 1. The molecule has 0 aliphatic carbocycles. The maximum absolute atomic E-state index is 3.82. The summed E-state index contributed by atoms with van der Waals surface area (Å²) in [6.45, 7) is 6.06. The third-order valence-electron chi connectivity index (χ3n) is 2.13. The van der Waals surface area contributed by atoms with Gasteiger partial charge in [-0.05, 0) is 20.4 Å².